The van der Waals surface area contributed by atoms with Crippen molar-refractivity contribution in [3.8, 4) is 0 Å². The lowest BCUT2D eigenvalue weighted by molar-refractivity contribution is 0.226. The second-order valence-corrected chi connectivity index (χ2v) is 7.64. The minimum Gasteiger partial charge on any atom is -0.326 e. The molecule has 0 aromatic carbocycles. The number of fused-ring (bicyclic) bond motifs is 1. The number of rotatable bonds is 3. The Bertz CT molecular complexity index is 594. The van der Waals surface area contributed by atoms with E-state index in [0.717, 1.165) is 44.5 Å². The third-order valence-corrected chi connectivity index (χ3v) is 6.29. The first-order valence-corrected chi connectivity index (χ1v) is 8.77. The number of hydrogen-bond donors (Lipinski definition) is 1. The number of aryl methyl sites for hydroxylation is 1. The molecule has 2 aliphatic rings. The number of sulfonamides is 1. The van der Waals surface area contributed by atoms with Crippen molar-refractivity contribution in [2.75, 3.05) is 6.54 Å². The topological polar surface area (TPSA) is 81.2 Å². The first-order valence-electron chi connectivity index (χ1n) is 7.33. The summed E-state index contributed by atoms with van der Waals surface area (Å²) in [4.78, 5) is 4.25. The lowest BCUT2D eigenvalue weighted by Gasteiger charge is -2.36. The van der Waals surface area contributed by atoms with Crippen LogP contribution in [0.1, 0.15) is 38.4 Å². The van der Waals surface area contributed by atoms with Gasteiger partial charge in [-0.2, -0.15) is 4.31 Å². The Morgan fingerprint density at radius 2 is 2.15 bits per heavy atom. The molecule has 112 valence electrons. The van der Waals surface area contributed by atoms with Crippen LogP contribution in [0.4, 0.5) is 0 Å². The molecule has 0 saturated carbocycles. The monoisotopic (exact) mass is 298 g/mol. The Hall–Kier alpha value is -0.920. The van der Waals surface area contributed by atoms with E-state index in [1.165, 1.54) is 6.20 Å². The Balaban J connectivity index is 1.98. The van der Waals surface area contributed by atoms with E-state index >= 15 is 0 Å². The molecule has 1 aromatic heterocycles. The van der Waals surface area contributed by atoms with E-state index < -0.39 is 10.0 Å². The average molecular weight is 298 g/mol. The maximum atomic E-state index is 12.9. The molecule has 2 aliphatic heterocycles. The first kappa shape index (κ1) is 14.0. The van der Waals surface area contributed by atoms with Gasteiger partial charge in [-0.1, -0.05) is 6.42 Å². The van der Waals surface area contributed by atoms with E-state index in [2.05, 4.69) is 4.98 Å². The zero-order valence-electron chi connectivity index (χ0n) is 11.8. The molecular weight excluding hydrogens is 276 g/mol. The smallest absolute Gasteiger partial charge is 0.260 e. The summed E-state index contributed by atoms with van der Waals surface area (Å²) in [5.74, 6) is 0.887. The largest absolute Gasteiger partial charge is 0.326 e. The van der Waals surface area contributed by atoms with Crippen LogP contribution in [0.2, 0.25) is 0 Å². The molecule has 3 heterocycles. The van der Waals surface area contributed by atoms with Gasteiger partial charge in [-0.05, 0) is 26.2 Å². The van der Waals surface area contributed by atoms with Gasteiger partial charge in [0.05, 0.1) is 6.20 Å². The van der Waals surface area contributed by atoms with Crippen molar-refractivity contribution in [1.82, 2.24) is 13.9 Å². The van der Waals surface area contributed by atoms with Gasteiger partial charge in [0, 0.05) is 31.6 Å². The molecule has 6 nitrogen and oxygen atoms in total. The summed E-state index contributed by atoms with van der Waals surface area (Å²) in [7, 11) is -3.48. The van der Waals surface area contributed by atoms with Crippen LogP contribution in [0.25, 0.3) is 0 Å². The van der Waals surface area contributed by atoms with Crippen molar-refractivity contribution in [1.29, 1.82) is 0 Å². The summed E-state index contributed by atoms with van der Waals surface area (Å²) in [6.45, 7) is 3.20. The number of imidazole rings is 1. The van der Waals surface area contributed by atoms with Crippen LogP contribution in [0.5, 0.6) is 0 Å². The fourth-order valence-electron chi connectivity index (χ4n) is 3.31. The second kappa shape index (κ2) is 5.13. The van der Waals surface area contributed by atoms with Crippen LogP contribution >= 0.6 is 0 Å². The van der Waals surface area contributed by atoms with Crippen LogP contribution in [0, 0.1) is 0 Å². The Morgan fingerprint density at radius 3 is 2.90 bits per heavy atom. The van der Waals surface area contributed by atoms with Gasteiger partial charge in [-0.15, -0.1) is 0 Å². The molecule has 2 unspecified atom stereocenters. The first-order chi connectivity index (χ1) is 9.51. The summed E-state index contributed by atoms with van der Waals surface area (Å²) in [6, 6.07) is -0.243. The fourth-order valence-corrected chi connectivity index (χ4v) is 5.24. The lowest BCUT2D eigenvalue weighted by Crippen LogP contribution is -2.51. The summed E-state index contributed by atoms with van der Waals surface area (Å²) in [5.41, 5.74) is 5.99. The van der Waals surface area contributed by atoms with Gasteiger partial charge in [0.1, 0.15) is 5.82 Å². The third kappa shape index (κ3) is 2.17. The lowest BCUT2D eigenvalue weighted by atomic mass is 10.00. The maximum absolute atomic E-state index is 12.9. The Labute approximate surface area is 120 Å². The van der Waals surface area contributed by atoms with Crippen LogP contribution in [-0.2, 0) is 23.0 Å². The highest BCUT2D eigenvalue weighted by Crippen LogP contribution is 2.28. The number of hydrogen-bond acceptors (Lipinski definition) is 4. The van der Waals surface area contributed by atoms with Crippen molar-refractivity contribution >= 4 is 10.0 Å². The molecule has 20 heavy (non-hydrogen) atoms. The molecule has 0 radical (unpaired) electrons. The van der Waals surface area contributed by atoms with Crippen molar-refractivity contribution in [2.45, 2.75) is 62.7 Å². The van der Waals surface area contributed by atoms with Crippen LogP contribution < -0.4 is 5.73 Å². The molecule has 1 aromatic rings. The van der Waals surface area contributed by atoms with Crippen LogP contribution in [0.3, 0.4) is 0 Å². The number of nitrogens with two attached hydrogens (primary N) is 1. The van der Waals surface area contributed by atoms with Gasteiger partial charge < -0.3 is 10.3 Å². The summed E-state index contributed by atoms with van der Waals surface area (Å²) in [5, 5.41) is 0.345. The third-order valence-electron chi connectivity index (χ3n) is 4.36. The normalized spacial score (nSPS) is 25.6. The van der Waals surface area contributed by atoms with E-state index in [1.54, 1.807) is 4.31 Å². The molecule has 2 N–H and O–H groups in total. The van der Waals surface area contributed by atoms with Gasteiger partial charge in [0.2, 0.25) is 0 Å². The highest BCUT2D eigenvalue weighted by molar-refractivity contribution is 7.89. The van der Waals surface area contributed by atoms with E-state index in [9.17, 15) is 8.42 Å². The minimum atomic E-state index is -3.48. The summed E-state index contributed by atoms with van der Waals surface area (Å²) in [6.07, 6.45) is 6.15. The van der Waals surface area contributed by atoms with Gasteiger partial charge in [0.15, 0.2) is 5.03 Å². The highest BCUT2D eigenvalue weighted by Gasteiger charge is 2.38. The fraction of sp³-hybridized carbons (Fsp3) is 0.769. The van der Waals surface area contributed by atoms with Crippen molar-refractivity contribution in [3.05, 3.63) is 12.0 Å². The van der Waals surface area contributed by atoms with Crippen LogP contribution in [-0.4, -0.2) is 40.9 Å². The van der Waals surface area contributed by atoms with Crippen LogP contribution in [0.15, 0.2) is 11.2 Å². The number of piperidine rings is 1. The molecule has 2 atom stereocenters. The van der Waals surface area contributed by atoms with E-state index in [-0.39, 0.29) is 12.1 Å². The molecule has 0 amide bonds. The summed E-state index contributed by atoms with van der Waals surface area (Å²) < 4.78 is 29.3. The van der Waals surface area contributed by atoms with E-state index in [1.807, 2.05) is 11.5 Å². The van der Waals surface area contributed by atoms with Crippen molar-refractivity contribution in [3.63, 3.8) is 0 Å². The number of aromatic nitrogens is 2. The number of nitrogens with zero attached hydrogens (tertiary/aromatic N) is 3. The zero-order chi connectivity index (χ0) is 14.3. The molecule has 7 heteroatoms. The predicted octanol–water partition coefficient (Wildman–Crippen LogP) is 0.720. The average Bonchev–Trinajstić information content (AvgIpc) is 3.00. The van der Waals surface area contributed by atoms with Crippen molar-refractivity contribution in [2.24, 2.45) is 5.73 Å². The van der Waals surface area contributed by atoms with Gasteiger partial charge in [-0.25, -0.2) is 13.4 Å². The zero-order valence-corrected chi connectivity index (χ0v) is 12.6. The standard InChI is InChI=1S/C13H22N4O2S/c1-10(14)11-5-2-3-8-17(11)20(18,19)13-9-15-12-6-4-7-16(12)13/h9-11H,2-8,14H2,1H3. The molecule has 3 rings (SSSR count). The van der Waals surface area contributed by atoms with E-state index in [0.29, 0.717) is 11.6 Å². The SMILES string of the molecule is CC(N)C1CCCCN1S(=O)(=O)c1cnc2n1CCC2. The Morgan fingerprint density at radius 1 is 1.35 bits per heavy atom. The Kier molecular flexibility index (Phi) is 3.60. The molecule has 1 fully saturated rings. The highest BCUT2D eigenvalue weighted by atomic mass is 32.2. The second-order valence-electron chi connectivity index (χ2n) is 5.81. The molecule has 0 aliphatic carbocycles. The minimum absolute atomic E-state index is 0.0960. The summed E-state index contributed by atoms with van der Waals surface area (Å²) >= 11 is 0. The van der Waals surface area contributed by atoms with Gasteiger partial charge in [-0.3, -0.25) is 0 Å². The van der Waals surface area contributed by atoms with Gasteiger partial charge >= 0.3 is 0 Å². The van der Waals surface area contributed by atoms with Gasteiger partial charge in [0.25, 0.3) is 10.0 Å². The molecule has 0 bridgehead atoms. The predicted molar refractivity (Wildman–Crippen MR) is 75.7 cm³/mol. The molecule has 1 saturated heterocycles. The van der Waals surface area contributed by atoms with E-state index in [4.69, 9.17) is 5.73 Å². The molecular formula is C13H22N4O2S. The van der Waals surface area contributed by atoms with Crippen molar-refractivity contribution < 1.29 is 8.42 Å². The molecule has 0 spiro atoms. The maximum Gasteiger partial charge on any atom is 0.260 e. The quantitative estimate of drug-likeness (QED) is 0.891.